The lowest BCUT2D eigenvalue weighted by Crippen LogP contribution is -2.50. The molecule has 0 saturated carbocycles. The first-order valence-corrected chi connectivity index (χ1v) is 8.23. The minimum absolute atomic E-state index is 0.0430. The number of hydrogen-bond acceptors (Lipinski definition) is 2. The maximum atomic E-state index is 12.1. The fraction of sp³-hybridized carbons (Fsp3) is 0.263. The van der Waals surface area contributed by atoms with Crippen molar-refractivity contribution in [2.24, 2.45) is 5.73 Å². The Kier molecular flexibility index (Phi) is 5.11. The van der Waals surface area contributed by atoms with Gasteiger partial charge in [-0.1, -0.05) is 48.5 Å². The van der Waals surface area contributed by atoms with Crippen molar-refractivity contribution in [3.05, 3.63) is 66.2 Å². The summed E-state index contributed by atoms with van der Waals surface area (Å²) >= 11 is 0. The van der Waals surface area contributed by atoms with Gasteiger partial charge < -0.3 is 4.90 Å². The van der Waals surface area contributed by atoms with Crippen molar-refractivity contribution in [2.45, 2.75) is 0 Å². The van der Waals surface area contributed by atoms with Crippen molar-refractivity contribution in [1.29, 1.82) is 0 Å². The highest BCUT2D eigenvalue weighted by Crippen LogP contribution is 2.14. The molecule has 3 N–H and O–H groups in total. The monoisotopic (exact) mass is 323 g/mol. The maximum absolute atomic E-state index is 12.1. The number of nitrogens with zero attached hydrogens (tertiary/aromatic N) is 2. The zero-order valence-corrected chi connectivity index (χ0v) is 13.7. The van der Waals surface area contributed by atoms with E-state index >= 15 is 0 Å². The highest BCUT2D eigenvalue weighted by molar-refractivity contribution is 5.99. The van der Waals surface area contributed by atoms with E-state index in [1.165, 1.54) is 5.69 Å². The van der Waals surface area contributed by atoms with Crippen LogP contribution in [0, 0.1) is 0 Å². The molecule has 0 radical (unpaired) electrons. The van der Waals surface area contributed by atoms with Crippen LogP contribution in [0.25, 0.3) is 0 Å². The molecule has 1 heterocycles. The molecule has 24 heavy (non-hydrogen) atoms. The van der Waals surface area contributed by atoms with Crippen LogP contribution >= 0.6 is 0 Å². The molecule has 0 aliphatic carbocycles. The third-order valence-corrected chi connectivity index (χ3v) is 4.27. The molecule has 2 aromatic rings. The highest BCUT2D eigenvalue weighted by Gasteiger charge is 2.19. The number of nitrogens with two attached hydrogens (primary N) is 1. The van der Waals surface area contributed by atoms with E-state index in [9.17, 15) is 4.79 Å². The second-order valence-electron chi connectivity index (χ2n) is 5.84. The second-order valence-corrected chi connectivity index (χ2v) is 5.84. The third kappa shape index (κ3) is 3.93. The lowest BCUT2D eigenvalue weighted by molar-refractivity contribution is -0.532. The molecule has 1 saturated heterocycles. The summed E-state index contributed by atoms with van der Waals surface area (Å²) in [5.74, 6) is 0.619. The Morgan fingerprint density at radius 3 is 2.21 bits per heavy atom. The number of rotatable bonds is 4. The van der Waals surface area contributed by atoms with Crippen LogP contribution in [0.4, 0.5) is 5.69 Å². The van der Waals surface area contributed by atoms with Gasteiger partial charge in [0.05, 0.1) is 13.1 Å². The van der Waals surface area contributed by atoms with Gasteiger partial charge in [0.25, 0.3) is 0 Å². The van der Waals surface area contributed by atoms with Crippen LogP contribution in [-0.2, 0) is 0 Å². The normalized spacial score (nSPS) is 14.3. The predicted octanol–water partition coefficient (Wildman–Crippen LogP) is 1.31. The van der Waals surface area contributed by atoms with Crippen LogP contribution in [0.5, 0.6) is 0 Å². The van der Waals surface area contributed by atoms with Gasteiger partial charge in [-0.05, 0) is 12.1 Å². The van der Waals surface area contributed by atoms with Gasteiger partial charge in [-0.15, -0.1) is 0 Å². The Morgan fingerprint density at radius 1 is 1.00 bits per heavy atom. The zero-order chi connectivity index (χ0) is 16.8. The lowest BCUT2D eigenvalue weighted by Gasteiger charge is -2.30. The molecular formula is C19H23N4O+. The summed E-state index contributed by atoms with van der Waals surface area (Å²) in [4.78, 5) is 14.5. The first-order chi connectivity index (χ1) is 11.7. The summed E-state index contributed by atoms with van der Waals surface area (Å²) in [5, 5.41) is 3.06. The molecule has 2 aromatic carbocycles. The van der Waals surface area contributed by atoms with Gasteiger partial charge in [0.2, 0.25) is 0 Å². The van der Waals surface area contributed by atoms with Crippen molar-refractivity contribution in [2.75, 3.05) is 37.6 Å². The summed E-state index contributed by atoms with van der Waals surface area (Å²) in [7, 11) is 0. The van der Waals surface area contributed by atoms with E-state index in [0.717, 1.165) is 26.2 Å². The van der Waals surface area contributed by atoms with Gasteiger partial charge in [-0.2, -0.15) is 0 Å². The minimum atomic E-state index is 0.0430. The number of ketones is 1. The number of nitrogens with one attached hydrogen (secondary N) is 1. The Hall–Kier alpha value is -2.82. The Morgan fingerprint density at radius 2 is 1.58 bits per heavy atom. The molecule has 1 aliphatic rings. The topological polar surface area (TPSA) is 61.4 Å². The molecule has 1 aliphatic heterocycles. The molecule has 124 valence electrons. The van der Waals surface area contributed by atoms with Gasteiger partial charge >= 0.3 is 5.96 Å². The third-order valence-electron chi connectivity index (χ3n) is 4.27. The lowest BCUT2D eigenvalue weighted by atomic mass is 10.1. The average Bonchev–Trinajstić information content (AvgIpc) is 2.67. The molecule has 0 bridgehead atoms. The first-order valence-electron chi connectivity index (χ1n) is 8.23. The van der Waals surface area contributed by atoms with Gasteiger partial charge in [0.15, 0.2) is 5.78 Å². The van der Waals surface area contributed by atoms with E-state index in [1.807, 2.05) is 36.4 Å². The van der Waals surface area contributed by atoms with Crippen molar-refractivity contribution in [3.8, 4) is 0 Å². The predicted molar refractivity (Wildman–Crippen MR) is 96.6 cm³/mol. The average molecular weight is 323 g/mol. The Bertz CT molecular complexity index is 703. The smallest absolute Gasteiger partial charge is 0.343 e. The Balaban J connectivity index is 1.53. The maximum Gasteiger partial charge on any atom is 0.343 e. The molecule has 3 rings (SSSR count). The number of anilines is 1. The van der Waals surface area contributed by atoms with Crippen LogP contribution in [0.1, 0.15) is 10.4 Å². The number of guanidine groups is 1. The molecule has 5 nitrogen and oxygen atoms in total. The molecular weight excluding hydrogens is 300 g/mol. The van der Waals surface area contributed by atoms with E-state index in [0.29, 0.717) is 11.5 Å². The van der Waals surface area contributed by atoms with Crippen molar-refractivity contribution >= 4 is 17.4 Å². The zero-order valence-electron chi connectivity index (χ0n) is 13.7. The molecule has 0 spiro atoms. The van der Waals surface area contributed by atoms with E-state index in [-0.39, 0.29) is 12.3 Å². The fourth-order valence-electron chi connectivity index (χ4n) is 2.85. The summed E-state index contributed by atoms with van der Waals surface area (Å²) in [6.07, 6.45) is 0. The standard InChI is InChI=1S/C19H22N4O/c20-19(21-15-18(24)16-7-3-1-4-8-16)23-13-11-22(12-14-23)17-9-5-2-6-10-17/h1-10H,11-15H2,(H2,20,21)/p+1. The summed E-state index contributed by atoms with van der Waals surface area (Å²) in [6, 6.07) is 19.6. The van der Waals surface area contributed by atoms with Crippen LogP contribution in [0.3, 0.4) is 0 Å². The van der Waals surface area contributed by atoms with Crippen LogP contribution in [0.15, 0.2) is 60.7 Å². The number of para-hydroxylation sites is 1. The van der Waals surface area contributed by atoms with Gasteiger partial charge in [0.1, 0.15) is 6.54 Å². The number of carbonyl (C=O) groups excluding carboxylic acids is 1. The van der Waals surface area contributed by atoms with Gasteiger partial charge in [0, 0.05) is 24.3 Å². The van der Waals surface area contributed by atoms with E-state index < -0.39 is 0 Å². The second kappa shape index (κ2) is 7.64. The molecule has 0 atom stereocenters. The minimum Gasteiger partial charge on any atom is -0.365 e. The number of hydrogen-bond donors (Lipinski definition) is 2. The fourth-order valence-corrected chi connectivity index (χ4v) is 2.85. The molecule has 5 heteroatoms. The number of Topliss-reactive ketones (excluding diaryl/α,β-unsaturated/α-hetero) is 1. The number of piperazine rings is 1. The SMILES string of the molecule is NC(NCC(=O)c1ccccc1)=[N+]1CCN(c2ccccc2)CC1. The van der Waals surface area contributed by atoms with E-state index in [4.69, 9.17) is 5.73 Å². The quantitative estimate of drug-likeness (QED) is 0.506. The molecule has 1 fully saturated rings. The summed E-state index contributed by atoms with van der Waals surface area (Å²) < 4.78 is 2.09. The van der Waals surface area contributed by atoms with Gasteiger partial charge in [-0.3, -0.25) is 20.4 Å². The van der Waals surface area contributed by atoms with Crippen LogP contribution in [-0.4, -0.2) is 49.0 Å². The number of carbonyl (C=O) groups is 1. The highest BCUT2D eigenvalue weighted by atomic mass is 16.1. The largest absolute Gasteiger partial charge is 0.365 e. The van der Waals surface area contributed by atoms with Gasteiger partial charge in [-0.25, -0.2) is 0 Å². The van der Waals surface area contributed by atoms with Crippen molar-refractivity contribution in [1.82, 2.24) is 5.32 Å². The van der Waals surface area contributed by atoms with E-state index in [1.54, 1.807) is 0 Å². The van der Waals surface area contributed by atoms with Crippen LogP contribution in [0.2, 0.25) is 0 Å². The Labute approximate surface area is 142 Å². The molecule has 0 amide bonds. The van der Waals surface area contributed by atoms with E-state index in [2.05, 4.69) is 39.1 Å². The number of benzene rings is 2. The molecule has 0 aromatic heterocycles. The van der Waals surface area contributed by atoms with Crippen LogP contribution < -0.4 is 16.0 Å². The summed E-state index contributed by atoms with van der Waals surface area (Å²) in [5.41, 5.74) is 8.06. The first kappa shape index (κ1) is 16.1. The molecule has 0 unspecified atom stereocenters. The van der Waals surface area contributed by atoms with Crippen molar-refractivity contribution in [3.63, 3.8) is 0 Å². The van der Waals surface area contributed by atoms with Crippen molar-refractivity contribution < 1.29 is 9.37 Å². The summed E-state index contributed by atoms with van der Waals surface area (Å²) in [6.45, 7) is 3.73.